The van der Waals surface area contributed by atoms with Crippen LogP contribution in [0.1, 0.15) is 59.4 Å². The summed E-state index contributed by atoms with van der Waals surface area (Å²) < 4.78 is 62.2. The number of pyridine rings is 3. The van der Waals surface area contributed by atoms with Crippen LogP contribution in [0.2, 0.25) is 5.02 Å². The number of benzene rings is 1. The number of carbonyl (C=O) groups excluding carboxylic acids is 2. The SMILES string of the molecule is C=CC(=O)N1CCN(c2c(C(=O)NC)c(=O)n(-c3c(C)ccnc3C(C)C)c3c(F)c(-c4nc(N)cc(C)c4C(F)(F)F)c(Cl)cc23)C[C@H]1C. The maximum atomic E-state index is 17.6. The minimum atomic E-state index is -4.98. The van der Waals surface area contributed by atoms with Crippen molar-refractivity contribution >= 4 is 45.8 Å². The van der Waals surface area contributed by atoms with Crippen LogP contribution in [0.5, 0.6) is 0 Å². The molecule has 15 heteroatoms. The first-order valence-electron chi connectivity index (χ1n) is 15.8. The molecule has 1 aromatic carbocycles. The molecule has 1 fully saturated rings. The van der Waals surface area contributed by atoms with Crippen molar-refractivity contribution in [2.24, 2.45) is 0 Å². The fourth-order valence-corrected chi connectivity index (χ4v) is 6.95. The van der Waals surface area contributed by atoms with Crippen LogP contribution in [-0.4, -0.2) is 64.0 Å². The average Bonchev–Trinajstić information content (AvgIpc) is 3.03. The molecule has 50 heavy (non-hydrogen) atoms. The van der Waals surface area contributed by atoms with Crippen LogP contribution in [0.4, 0.5) is 29.1 Å². The maximum absolute atomic E-state index is 17.6. The zero-order chi connectivity index (χ0) is 37.0. The predicted molar refractivity (Wildman–Crippen MR) is 185 cm³/mol. The Hall–Kier alpha value is -4.98. The highest BCUT2D eigenvalue weighted by Gasteiger charge is 2.40. The minimum Gasteiger partial charge on any atom is -0.384 e. The molecule has 4 heterocycles. The Morgan fingerprint density at radius 3 is 2.42 bits per heavy atom. The topological polar surface area (TPSA) is 126 Å². The number of nitrogen functional groups attached to an aromatic ring is 1. The van der Waals surface area contributed by atoms with E-state index in [9.17, 15) is 27.6 Å². The van der Waals surface area contributed by atoms with Gasteiger partial charge in [0.05, 0.1) is 44.4 Å². The lowest BCUT2D eigenvalue weighted by Crippen LogP contribution is -2.54. The van der Waals surface area contributed by atoms with Crippen LogP contribution in [0, 0.1) is 19.7 Å². The molecule has 0 saturated carbocycles. The van der Waals surface area contributed by atoms with Gasteiger partial charge in [-0.3, -0.25) is 23.9 Å². The van der Waals surface area contributed by atoms with E-state index in [-0.39, 0.29) is 65.2 Å². The highest BCUT2D eigenvalue weighted by Crippen LogP contribution is 2.46. The van der Waals surface area contributed by atoms with Crippen molar-refractivity contribution in [3.05, 3.63) is 86.2 Å². The number of hydrogen-bond acceptors (Lipinski definition) is 7. The summed E-state index contributed by atoms with van der Waals surface area (Å²) in [6.45, 7) is 12.2. The average molecular weight is 714 g/mol. The molecule has 1 aliphatic heterocycles. The van der Waals surface area contributed by atoms with Gasteiger partial charge in [-0.2, -0.15) is 13.2 Å². The number of alkyl halides is 3. The van der Waals surface area contributed by atoms with Gasteiger partial charge < -0.3 is 20.9 Å². The highest BCUT2D eigenvalue weighted by atomic mass is 35.5. The highest BCUT2D eigenvalue weighted by molar-refractivity contribution is 6.34. The van der Waals surface area contributed by atoms with Crippen LogP contribution >= 0.6 is 11.6 Å². The number of nitrogens with two attached hydrogens (primary N) is 1. The van der Waals surface area contributed by atoms with Gasteiger partial charge in [0.2, 0.25) is 5.91 Å². The fourth-order valence-electron chi connectivity index (χ4n) is 6.67. The first-order chi connectivity index (χ1) is 23.4. The summed E-state index contributed by atoms with van der Waals surface area (Å²) in [5.74, 6) is -3.01. The van der Waals surface area contributed by atoms with E-state index in [2.05, 4.69) is 21.9 Å². The number of aryl methyl sites for hydroxylation is 2. The summed E-state index contributed by atoms with van der Waals surface area (Å²) in [7, 11) is 1.33. The Morgan fingerprint density at radius 2 is 1.84 bits per heavy atom. The first kappa shape index (κ1) is 36.3. The summed E-state index contributed by atoms with van der Waals surface area (Å²) in [6, 6.07) is 3.42. The van der Waals surface area contributed by atoms with Gasteiger partial charge in [0, 0.05) is 44.3 Å². The smallest absolute Gasteiger partial charge is 0.384 e. The lowest BCUT2D eigenvalue weighted by atomic mass is 9.96. The normalized spacial score (nSPS) is 15.2. The van der Waals surface area contributed by atoms with E-state index >= 15 is 4.39 Å². The van der Waals surface area contributed by atoms with E-state index in [1.165, 1.54) is 32.3 Å². The molecule has 2 amide bonds. The van der Waals surface area contributed by atoms with Gasteiger partial charge in [-0.25, -0.2) is 9.37 Å². The Kier molecular flexibility index (Phi) is 9.72. The van der Waals surface area contributed by atoms with Crippen LogP contribution < -0.4 is 21.5 Å². The lowest BCUT2D eigenvalue weighted by Gasteiger charge is -2.41. The van der Waals surface area contributed by atoms with Crippen molar-refractivity contribution < 1.29 is 27.2 Å². The summed E-state index contributed by atoms with van der Waals surface area (Å²) in [5.41, 5.74) is 2.03. The van der Waals surface area contributed by atoms with E-state index in [1.54, 1.807) is 29.7 Å². The van der Waals surface area contributed by atoms with Gasteiger partial charge in [0.25, 0.3) is 11.5 Å². The molecular formula is C35H36ClF4N7O3. The largest absolute Gasteiger partial charge is 0.418 e. The summed E-state index contributed by atoms with van der Waals surface area (Å²) in [6.07, 6.45) is -2.28. The summed E-state index contributed by atoms with van der Waals surface area (Å²) >= 11 is 6.74. The fraction of sp³-hybridized carbons (Fsp3) is 0.343. The van der Waals surface area contributed by atoms with Crippen LogP contribution in [-0.2, 0) is 11.0 Å². The Morgan fingerprint density at radius 1 is 1.16 bits per heavy atom. The molecule has 1 aliphatic rings. The van der Waals surface area contributed by atoms with Gasteiger partial charge in [0.15, 0.2) is 5.82 Å². The molecule has 0 radical (unpaired) electrons. The van der Waals surface area contributed by atoms with E-state index in [0.717, 1.165) is 10.6 Å². The number of nitrogens with zero attached hydrogens (tertiary/aromatic N) is 5. The molecule has 10 nitrogen and oxygen atoms in total. The second kappa shape index (κ2) is 13.4. The summed E-state index contributed by atoms with van der Waals surface area (Å²) in [5, 5.41) is 2.00. The Balaban J connectivity index is 2.03. The summed E-state index contributed by atoms with van der Waals surface area (Å²) in [4.78, 5) is 52.7. The van der Waals surface area contributed by atoms with E-state index in [1.807, 2.05) is 13.8 Å². The van der Waals surface area contributed by atoms with Gasteiger partial charge in [0.1, 0.15) is 11.4 Å². The third kappa shape index (κ3) is 6.05. The number of fused-ring (bicyclic) bond motifs is 1. The number of carbonyl (C=O) groups is 2. The first-order valence-corrected chi connectivity index (χ1v) is 16.1. The quantitative estimate of drug-likeness (QED) is 0.181. The number of nitrogens with one attached hydrogen (secondary N) is 1. The second-order valence-electron chi connectivity index (χ2n) is 12.5. The number of amides is 2. The van der Waals surface area contributed by atoms with Crippen LogP contribution in [0.25, 0.3) is 27.8 Å². The van der Waals surface area contributed by atoms with Gasteiger partial charge in [-0.15, -0.1) is 0 Å². The zero-order valence-corrected chi connectivity index (χ0v) is 29.1. The van der Waals surface area contributed by atoms with Crippen LogP contribution in [0.3, 0.4) is 0 Å². The second-order valence-corrected chi connectivity index (χ2v) is 12.9. The molecule has 0 bridgehead atoms. The number of halogens is 5. The minimum absolute atomic E-state index is 0.00547. The molecule has 1 saturated heterocycles. The Labute approximate surface area is 290 Å². The van der Waals surface area contributed by atoms with Crippen molar-refractivity contribution in [2.75, 3.05) is 37.3 Å². The molecule has 0 aliphatic carbocycles. The van der Waals surface area contributed by atoms with E-state index in [0.29, 0.717) is 11.3 Å². The maximum Gasteiger partial charge on any atom is 0.418 e. The third-order valence-electron chi connectivity index (χ3n) is 8.86. The van der Waals surface area contributed by atoms with E-state index < -0.39 is 56.9 Å². The molecule has 264 valence electrons. The molecule has 3 N–H and O–H groups in total. The van der Waals surface area contributed by atoms with Crippen molar-refractivity contribution in [1.29, 1.82) is 0 Å². The predicted octanol–water partition coefficient (Wildman–Crippen LogP) is 6.16. The van der Waals surface area contributed by atoms with Crippen molar-refractivity contribution in [1.82, 2.24) is 24.8 Å². The number of anilines is 2. The third-order valence-corrected chi connectivity index (χ3v) is 9.16. The lowest BCUT2D eigenvalue weighted by molar-refractivity contribution is -0.137. The molecular weight excluding hydrogens is 678 g/mol. The van der Waals surface area contributed by atoms with Crippen molar-refractivity contribution in [3.8, 4) is 16.9 Å². The molecule has 3 aromatic heterocycles. The monoisotopic (exact) mass is 713 g/mol. The van der Waals surface area contributed by atoms with Gasteiger partial charge >= 0.3 is 6.18 Å². The van der Waals surface area contributed by atoms with Gasteiger partial charge in [-0.1, -0.05) is 32.0 Å². The van der Waals surface area contributed by atoms with Gasteiger partial charge in [-0.05, 0) is 62.1 Å². The molecule has 0 spiro atoms. The zero-order valence-electron chi connectivity index (χ0n) is 28.3. The number of aromatic nitrogens is 3. The molecule has 0 unspecified atom stereocenters. The molecule has 1 atom stereocenters. The number of rotatable bonds is 6. The number of hydrogen-bond donors (Lipinski definition) is 2. The molecule has 5 rings (SSSR count). The van der Waals surface area contributed by atoms with E-state index in [4.69, 9.17) is 17.3 Å². The Bertz CT molecular complexity index is 2130. The van der Waals surface area contributed by atoms with Crippen LogP contribution in [0.15, 0.2) is 41.8 Å². The van der Waals surface area contributed by atoms with Crippen molar-refractivity contribution in [2.45, 2.75) is 52.8 Å². The molecule has 4 aromatic rings. The number of piperazine rings is 1. The standard InChI is InChI=1S/C35H36ClF4N7O3/c1-8-23(48)46-12-11-45(15-19(46)6)31-20-14-21(36)24(29-26(35(38,39)40)18(5)13-22(41)44-29)27(37)32(20)47(34(50)25(31)33(49)42-7)30-17(4)9-10-43-28(30)16(2)3/h8-10,13-14,16,19H,1,11-12,15H2,2-7H3,(H2,41,44)(H,42,49)/t19-/m1/s1. The van der Waals surface area contributed by atoms with Crippen molar-refractivity contribution in [3.63, 3.8) is 0 Å².